The van der Waals surface area contributed by atoms with E-state index in [2.05, 4.69) is 11.5 Å². The summed E-state index contributed by atoms with van der Waals surface area (Å²) >= 11 is 0. The smallest absolute Gasteiger partial charge is 0.195 e. The fraction of sp³-hybridized carbons (Fsp3) is 0.400. The van der Waals surface area contributed by atoms with E-state index in [0.29, 0.717) is 24.2 Å². The minimum Gasteiger partial charge on any atom is -0.493 e. The van der Waals surface area contributed by atoms with E-state index in [0.717, 1.165) is 57.0 Å². The maximum atomic E-state index is 12.7. The van der Waals surface area contributed by atoms with Gasteiger partial charge in [0.1, 0.15) is 11.9 Å². The lowest BCUT2D eigenvalue weighted by atomic mass is 9.97. The minimum atomic E-state index is -1.17. The highest BCUT2D eigenvalue weighted by Gasteiger charge is 2.20. The van der Waals surface area contributed by atoms with Crippen LogP contribution in [0.3, 0.4) is 0 Å². The normalized spacial score (nSPS) is 15.0. The molecule has 0 spiro atoms. The van der Waals surface area contributed by atoms with Crippen molar-refractivity contribution in [2.45, 2.75) is 25.4 Å². The number of carbonyl (C=O) groups excluding carboxylic acids is 1. The number of ether oxygens (including phenoxy) is 2. The highest BCUT2D eigenvalue weighted by Crippen LogP contribution is 2.25. The van der Waals surface area contributed by atoms with E-state index in [1.807, 2.05) is 24.3 Å². The number of carbonyl (C=O) groups is 1. The summed E-state index contributed by atoms with van der Waals surface area (Å²) in [4.78, 5) is 15.2. The number of allylic oxidation sites excluding steroid dienone is 1. The molecule has 0 radical (unpaired) electrons. The van der Waals surface area contributed by atoms with Gasteiger partial charge < -0.3 is 14.6 Å². The topological polar surface area (TPSA) is 59.0 Å². The predicted molar refractivity (Wildman–Crippen MR) is 125 cm³/mol. The number of rotatable bonds is 11. The van der Waals surface area contributed by atoms with Gasteiger partial charge in [-0.3, -0.25) is 9.69 Å². The number of unbranched alkanes of at least 4 members (excludes halogenated alkanes) is 1. The van der Waals surface area contributed by atoms with Crippen LogP contribution in [0, 0.1) is 0 Å². The summed E-state index contributed by atoms with van der Waals surface area (Å²) in [5, 5.41) is 10.4. The average molecular weight is 446 g/mol. The van der Waals surface area contributed by atoms with Crippen molar-refractivity contribution in [2.75, 3.05) is 39.5 Å². The van der Waals surface area contributed by atoms with Gasteiger partial charge in [-0.05, 0) is 55.1 Å². The first-order chi connectivity index (χ1) is 14.7. The zero-order chi connectivity index (χ0) is 21.2. The summed E-state index contributed by atoms with van der Waals surface area (Å²) in [6, 6.07) is 14.3. The molecule has 1 N–H and O–H groups in total. The van der Waals surface area contributed by atoms with Crippen LogP contribution in [0.1, 0.15) is 40.4 Å². The van der Waals surface area contributed by atoms with Gasteiger partial charge in [0.15, 0.2) is 5.78 Å². The molecule has 1 fully saturated rings. The summed E-state index contributed by atoms with van der Waals surface area (Å²) in [5.74, 6) is 0.454. The van der Waals surface area contributed by atoms with Crippen LogP contribution in [0.2, 0.25) is 0 Å². The number of ketones is 1. The molecule has 0 saturated carbocycles. The van der Waals surface area contributed by atoms with Crippen molar-refractivity contribution in [1.82, 2.24) is 4.90 Å². The summed E-state index contributed by atoms with van der Waals surface area (Å²) in [5.41, 5.74) is 1.97. The molecule has 5 nitrogen and oxygen atoms in total. The lowest BCUT2D eigenvalue weighted by molar-refractivity contribution is 0.0368. The maximum absolute atomic E-state index is 12.7. The van der Waals surface area contributed by atoms with E-state index in [9.17, 15) is 9.90 Å². The van der Waals surface area contributed by atoms with Crippen LogP contribution in [-0.2, 0) is 11.2 Å². The van der Waals surface area contributed by atoms with Crippen molar-refractivity contribution in [3.8, 4) is 5.75 Å². The summed E-state index contributed by atoms with van der Waals surface area (Å²) in [6.45, 7) is 9.18. The largest absolute Gasteiger partial charge is 0.493 e. The molecule has 0 bridgehead atoms. The number of halogens is 1. The average Bonchev–Trinajstić information content (AvgIpc) is 2.80. The molecule has 0 aliphatic carbocycles. The Morgan fingerprint density at radius 2 is 1.90 bits per heavy atom. The molecule has 1 unspecified atom stereocenters. The number of aliphatic hydroxyl groups is 1. The fourth-order valence-corrected chi connectivity index (χ4v) is 3.58. The van der Waals surface area contributed by atoms with Crippen molar-refractivity contribution in [3.05, 3.63) is 77.9 Å². The molecular formula is C25H32ClNO4. The lowest BCUT2D eigenvalue weighted by Crippen LogP contribution is -2.36. The van der Waals surface area contributed by atoms with Gasteiger partial charge in [-0.15, -0.1) is 19.0 Å². The van der Waals surface area contributed by atoms with E-state index in [1.54, 1.807) is 30.3 Å². The molecule has 0 aromatic heterocycles. The van der Waals surface area contributed by atoms with Gasteiger partial charge in [-0.2, -0.15) is 0 Å². The number of nitrogens with zero attached hydrogens (tertiary/aromatic N) is 1. The molecule has 3 rings (SSSR count). The highest BCUT2D eigenvalue weighted by molar-refractivity contribution is 6.00. The first-order valence-corrected chi connectivity index (χ1v) is 10.6. The number of benzene rings is 2. The van der Waals surface area contributed by atoms with E-state index in [-0.39, 0.29) is 18.2 Å². The molecule has 2 aromatic rings. The number of morpholine rings is 1. The van der Waals surface area contributed by atoms with E-state index in [4.69, 9.17) is 9.47 Å². The molecule has 2 aromatic carbocycles. The molecule has 1 atom stereocenters. The van der Waals surface area contributed by atoms with Crippen molar-refractivity contribution in [1.29, 1.82) is 0 Å². The van der Waals surface area contributed by atoms with Crippen LogP contribution in [0.15, 0.2) is 61.2 Å². The first kappa shape index (κ1) is 25.1. The zero-order valence-electron chi connectivity index (χ0n) is 17.9. The van der Waals surface area contributed by atoms with Gasteiger partial charge in [0, 0.05) is 18.7 Å². The second-order valence-electron chi connectivity index (χ2n) is 7.50. The van der Waals surface area contributed by atoms with Crippen LogP contribution >= 0.6 is 12.4 Å². The molecule has 0 amide bonds. The van der Waals surface area contributed by atoms with Crippen LogP contribution < -0.4 is 4.74 Å². The van der Waals surface area contributed by atoms with E-state index >= 15 is 0 Å². The molecule has 1 aliphatic heterocycles. The van der Waals surface area contributed by atoms with Gasteiger partial charge in [0.05, 0.1) is 19.8 Å². The third kappa shape index (κ3) is 7.47. The molecule has 6 heteroatoms. The Kier molecular flexibility index (Phi) is 10.7. The second kappa shape index (κ2) is 13.3. The number of hydrogen-bond acceptors (Lipinski definition) is 5. The Bertz CT molecular complexity index is 822. The molecule has 1 aliphatic rings. The standard InChI is InChI=1S/C25H31NO4.ClH/c1-2-8-21-19-22(25(28)24(27)20-9-4-3-5-10-20)11-12-23(21)30-16-7-6-13-26-14-17-29-18-15-26;/h2-5,9-12,19,24,27H,1,6-8,13-18H2;1H. The number of Topliss-reactive ketones (excluding diaryl/α,β-unsaturated/α-hetero) is 1. The third-order valence-corrected chi connectivity index (χ3v) is 5.30. The van der Waals surface area contributed by atoms with Crippen molar-refractivity contribution in [2.24, 2.45) is 0 Å². The summed E-state index contributed by atoms with van der Waals surface area (Å²) in [6.07, 6.45) is 3.28. The quantitative estimate of drug-likeness (QED) is 0.318. The molecule has 168 valence electrons. The second-order valence-corrected chi connectivity index (χ2v) is 7.50. The van der Waals surface area contributed by atoms with Crippen molar-refractivity contribution in [3.63, 3.8) is 0 Å². The maximum Gasteiger partial charge on any atom is 0.195 e. The Hall–Kier alpha value is -2.18. The SMILES string of the molecule is C=CCc1cc(C(=O)C(O)c2ccccc2)ccc1OCCCCN1CCOCC1.Cl. The Morgan fingerprint density at radius 1 is 1.16 bits per heavy atom. The van der Waals surface area contributed by atoms with Crippen molar-refractivity contribution >= 4 is 18.2 Å². The monoisotopic (exact) mass is 445 g/mol. The first-order valence-electron chi connectivity index (χ1n) is 10.6. The molecule has 1 saturated heterocycles. The van der Waals surface area contributed by atoms with Gasteiger partial charge in [0.25, 0.3) is 0 Å². The van der Waals surface area contributed by atoms with Gasteiger partial charge in [-0.25, -0.2) is 0 Å². The number of hydrogen-bond donors (Lipinski definition) is 1. The van der Waals surface area contributed by atoms with Crippen molar-refractivity contribution < 1.29 is 19.4 Å². The zero-order valence-corrected chi connectivity index (χ0v) is 18.7. The highest BCUT2D eigenvalue weighted by atomic mass is 35.5. The fourth-order valence-electron chi connectivity index (χ4n) is 3.58. The Labute approximate surface area is 191 Å². The third-order valence-electron chi connectivity index (χ3n) is 5.30. The van der Waals surface area contributed by atoms with Gasteiger partial charge in [-0.1, -0.05) is 36.4 Å². The number of aliphatic hydroxyl groups excluding tert-OH is 1. The Morgan fingerprint density at radius 3 is 2.61 bits per heavy atom. The molecule has 31 heavy (non-hydrogen) atoms. The summed E-state index contributed by atoms with van der Waals surface area (Å²) in [7, 11) is 0. The van der Waals surface area contributed by atoms with Gasteiger partial charge in [0.2, 0.25) is 0 Å². The van der Waals surface area contributed by atoms with Crippen LogP contribution in [0.5, 0.6) is 5.75 Å². The summed E-state index contributed by atoms with van der Waals surface area (Å²) < 4.78 is 11.4. The molecule has 1 heterocycles. The van der Waals surface area contributed by atoms with Crippen LogP contribution in [0.25, 0.3) is 0 Å². The lowest BCUT2D eigenvalue weighted by Gasteiger charge is -2.26. The van der Waals surface area contributed by atoms with E-state index in [1.165, 1.54) is 0 Å². The van der Waals surface area contributed by atoms with Crippen LogP contribution in [0.4, 0.5) is 0 Å². The predicted octanol–water partition coefficient (Wildman–Crippen LogP) is 4.24. The Balaban J connectivity index is 0.00000341. The van der Waals surface area contributed by atoms with Crippen LogP contribution in [-0.4, -0.2) is 55.2 Å². The molecular weight excluding hydrogens is 414 g/mol. The minimum absolute atomic E-state index is 0. The van der Waals surface area contributed by atoms with E-state index < -0.39 is 6.10 Å². The van der Waals surface area contributed by atoms with Gasteiger partial charge >= 0.3 is 0 Å².